The maximum atomic E-state index is 11.5. The fourth-order valence-corrected chi connectivity index (χ4v) is 0.865. The number of carboxylic acid groups (broad SMARTS) is 1. The molecule has 0 fully saturated rings. The summed E-state index contributed by atoms with van der Waals surface area (Å²) in [7, 11) is 0. The number of rotatable bonds is 5. The zero-order chi connectivity index (χ0) is 10.5. The van der Waals surface area contributed by atoms with Crippen molar-refractivity contribution in [2.75, 3.05) is 12.4 Å². The van der Waals surface area contributed by atoms with Crippen LogP contribution in [0, 0.1) is 0 Å². The van der Waals surface area contributed by atoms with E-state index in [9.17, 15) is 18.0 Å². The Hall–Kier alpha value is -0.430. The number of hydrogen-bond donors (Lipinski definition) is 1. The van der Waals surface area contributed by atoms with Crippen molar-refractivity contribution in [1.29, 1.82) is 0 Å². The molecule has 0 aromatic heterocycles. The van der Waals surface area contributed by atoms with E-state index in [1.807, 2.05) is 0 Å². The monoisotopic (exact) mass is 218 g/mol. The zero-order valence-corrected chi connectivity index (χ0v) is 7.61. The molecule has 0 bridgehead atoms. The van der Waals surface area contributed by atoms with E-state index in [1.165, 1.54) is 6.92 Å². The van der Waals surface area contributed by atoms with Crippen molar-refractivity contribution in [2.45, 2.75) is 18.5 Å². The van der Waals surface area contributed by atoms with Crippen molar-refractivity contribution >= 4 is 17.7 Å². The SMILES string of the molecule is CC(OCCSC(F)(F)F)C(=O)O. The van der Waals surface area contributed by atoms with E-state index >= 15 is 0 Å². The van der Waals surface area contributed by atoms with Gasteiger partial charge in [-0.05, 0) is 18.7 Å². The van der Waals surface area contributed by atoms with Gasteiger partial charge in [0.2, 0.25) is 0 Å². The predicted octanol–water partition coefficient (Wildman–Crippen LogP) is 1.73. The fourth-order valence-electron chi connectivity index (χ4n) is 0.454. The van der Waals surface area contributed by atoms with Gasteiger partial charge in [0.15, 0.2) is 6.10 Å². The lowest BCUT2D eigenvalue weighted by Gasteiger charge is -2.08. The molecule has 1 unspecified atom stereocenters. The van der Waals surface area contributed by atoms with Crippen molar-refractivity contribution < 1.29 is 27.8 Å². The standard InChI is InChI=1S/C6H9F3O3S/c1-4(5(10)11)12-2-3-13-6(7,8)9/h4H,2-3H2,1H3,(H,10,11). The van der Waals surface area contributed by atoms with Gasteiger partial charge in [0.1, 0.15) is 0 Å². The third-order valence-corrected chi connectivity index (χ3v) is 1.76. The smallest absolute Gasteiger partial charge is 0.441 e. The molecule has 0 aromatic carbocycles. The first kappa shape index (κ1) is 12.6. The first-order chi connectivity index (χ1) is 5.83. The number of alkyl halides is 3. The summed E-state index contributed by atoms with van der Waals surface area (Å²) in [5.41, 5.74) is -4.28. The number of ether oxygens (including phenoxy) is 1. The molecular weight excluding hydrogens is 209 g/mol. The normalized spacial score (nSPS) is 14.2. The largest absolute Gasteiger partial charge is 0.479 e. The van der Waals surface area contributed by atoms with Crippen molar-refractivity contribution in [3.63, 3.8) is 0 Å². The quantitative estimate of drug-likeness (QED) is 0.714. The summed E-state index contributed by atoms with van der Waals surface area (Å²) in [5, 5.41) is 8.29. The molecule has 3 nitrogen and oxygen atoms in total. The fraction of sp³-hybridized carbons (Fsp3) is 0.833. The van der Waals surface area contributed by atoms with Gasteiger partial charge in [0.25, 0.3) is 0 Å². The molecule has 0 spiro atoms. The molecule has 0 heterocycles. The van der Waals surface area contributed by atoms with Crippen molar-refractivity contribution in [1.82, 2.24) is 0 Å². The van der Waals surface area contributed by atoms with Gasteiger partial charge in [-0.3, -0.25) is 0 Å². The Kier molecular flexibility index (Phi) is 5.16. The molecule has 7 heteroatoms. The maximum Gasteiger partial charge on any atom is 0.441 e. The van der Waals surface area contributed by atoms with Gasteiger partial charge in [0.05, 0.1) is 6.61 Å². The highest BCUT2D eigenvalue weighted by Crippen LogP contribution is 2.29. The lowest BCUT2D eigenvalue weighted by Crippen LogP contribution is -2.21. The topological polar surface area (TPSA) is 46.5 Å². The maximum absolute atomic E-state index is 11.5. The van der Waals surface area contributed by atoms with Crippen LogP contribution >= 0.6 is 11.8 Å². The van der Waals surface area contributed by atoms with E-state index in [1.54, 1.807) is 0 Å². The average Bonchev–Trinajstić information content (AvgIpc) is 1.95. The summed E-state index contributed by atoms with van der Waals surface area (Å²) in [6.45, 7) is 1.04. The summed E-state index contributed by atoms with van der Waals surface area (Å²) >= 11 is -0.231. The second-order valence-electron chi connectivity index (χ2n) is 2.15. The van der Waals surface area contributed by atoms with Crippen LogP contribution in [0.4, 0.5) is 13.2 Å². The number of halogens is 3. The molecule has 13 heavy (non-hydrogen) atoms. The van der Waals surface area contributed by atoms with Crippen LogP contribution in [-0.2, 0) is 9.53 Å². The second kappa shape index (κ2) is 5.33. The van der Waals surface area contributed by atoms with Gasteiger partial charge >= 0.3 is 11.5 Å². The third-order valence-electron chi connectivity index (χ3n) is 1.06. The highest BCUT2D eigenvalue weighted by molar-refractivity contribution is 8.00. The van der Waals surface area contributed by atoms with E-state index in [0.29, 0.717) is 0 Å². The Balaban J connectivity index is 3.41. The number of hydrogen-bond acceptors (Lipinski definition) is 3. The molecule has 1 atom stereocenters. The minimum Gasteiger partial charge on any atom is -0.479 e. The summed E-state index contributed by atoms with van der Waals surface area (Å²) in [6.07, 6.45) is -1.06. The Bertz CT molecular complexity index is 171. The summed E-state index contributed by atoms with van der Waals surface area (Å²) in [5.74, 6) is -1.47. The van der Waals surface area contributed by atoms with E-state index in [-0.39, 0.29) is 24.1 Å². The zero-order valence-electron chi connectivity index (χ0n) is 6.80. The third kappa shape index (κ3) is 7.92. The van der Waals surface area contributed by atoms with Crippen LogP contribution in [0.2, 0.25) is 0 Å². The number of carboxylic acids is 1. The van der Waals surface area contributed by atoms with Crippen LogP contribution in [0.1, 0.15) is 6.92 Å². The minimum absolute atomic E-state index is 0.225. The summed E-state index contributed by atoms with van der Waals surface area (Å²) < 4.78 is 39.2. The number of carbonyl (C=O) groups is 1. The van der Waals surface area contributed by atoms with Crippen LogP contribution in [0.25, 0.3) is 0 Å². The van der Waals surface area contributed by atoms with Crippen molar-refractivity contribution in [3.8, 4) is 0 Å². The lowest BCUT2D eigenvalue weighted by atomic mass is 10.4. The summed E-state index contributed by atoms with van der Waals surface area (Å²) in [6, 6.07) is 0. The molecule has 0 saturated carbocycles. The second-order valence-corrected chi connectivity index (χ2v) is 3.31. The van der Waals surface area contributed by atoms with Crippen LogP contribution in [-0.4, -0.2) is 35.0 Å². The van der Waals surface area contributed by atoms with E-state index in [4.69, 9.17) is 5.11 Å². The van der Waals surface area contributed by atoms with E-state index < -0.39 is 17.6 Å². The highest BCUT2D eigenvalue weighted by Gasteiger charge is 2.27. The van der Waals surface area contributed by atoms with Gasteiger partial charge in [0, 0.05) is 5.75 Å². The Morgan fingerprint density at radius 3 is 2.54 bits per heavy atom. The highest BCUT2D eigenvalue weighted by atomic mass is 32.2. The molecule has 0 aromatic rings. The van der Waals surface area contributed by atoms with Gasteiger partial charge in [-0.1, -0.05) is 0 Å². The molecule has 0 aliphatic rings. The van der Waals surface area contributed by atoms with Crippen LogP contribution in [0.5, 0.6) is 0 Å². The van der Waals surface area contributed by atoms with Crippen LogP contribution in [0.3, 0.4) is 0 Å². The van der Waals surface area contributed by atoms with Crippen molar-refractivity contribution in [3.05, 3.63) is 0 Å². The number of thioether (sulfide) groups is 1. The van der Waals surface area contributed by atoms with Gasteiger partial charge in [-0.25, -0.2) is 4.79 Å². The molecule has 0 radical (unpaired) electrons. The van der Waals surface area contributed by atoms with Gasteiger partial charge in [-0.15, -0.1) is 0 Å². The van der Waals surface area contributed by atoms with E-state index in [2.05, 4.69) is 4.74 Å². The molecular formula is C6H9F3O3S. The molecule has 1 N–H and O–H groups in total. The summed E-state index contributed by atoms with van der Waals surface area (Å²) in [4.78, 5) is 10.1. The first-order valence-electron chi connectivity index (χ1n) is 3.38. The molecule has 0 saturated heterocycles. The molecule has 0 rings (SSSR count). The van der Waals surface area contributed by atoms with Gasteiger partial charge < -0.3 is 9.84 Å². The van der Waals surface area contributed by atoms with Crippen LogP contribution < -0.4 is 0 Å². The Morgan fingerprint density at radius 2 is 2.15 bits per heavy atom. The first-order valence-corrected chi connectivity index (χ1v) is 4.36. The Labute approximate surface area is 77.3 Å². The van der Waals surface area contributed by atoms with E-state index in [0.717, 1.165) is 0 Å². The molecule has 0 aliphatic carbocycles. The minimum atomic E-state index is -4.28. The lowest BCUT2D eigenvalue weighted by molar-refractivity contribution is -0.148. The molecule has 0 amide bonds. The van der Waals surface area contributed by atoms with Gasteiger partial charge in [-0.2, -0.15) is 13.2 Å². The average molecular weight is 218 g/mol. The Morgan fingerprint density at radius 1 is 1.62 bits per heavy atom. The predicted molar refractivity (Wildman–Crippen MR) is 41.6 cm³/mol. The van der Waals surface area contributed by atoms with Crippen molar-refractivity contribution in [2.24, 2.45) is 0 Å². The molecule has 0 aliphatic heterocycles. The molecule has 78 valence electrons. The number of aliphatic carboxylic acids is 1. The van der Waals surface area contributed by atoms with Crippen LogP contribution in [0.15, 0.2) is 0 Å².